The fraction of sp³-hybridized carbons (Fsp3) is 0.333. The summed E-state index contributed by atoms with van der Waals surface area (Å²) < 4.78 is 10.5. The number of benzene rings is 2. The van der Waals surface area contributed by atoms with Crippen LogP contribution in [0.1, 0.15) is 41.4 Å². The lowest BCUT2D eigenvalue weighted by atomic mass is 10.1. The lowest BCUT2D eigenvalue weighted by Gasteiger charge is -2.25. The summed E-state index contributed by atoms with van der Waals surface area (Å²) in [4.78, 5) is 43.6. The molecule has 1 aliphatic rings. The second-order valence-electron chi connectivity index (χ2n) is 9.52. The van der Waals surface area contributed by atoms with Crippen molar-refractivity contribution in [1.82, 2.24) is 9.88 Å². The van der Waals surface area contributed by atoms with Gasteiger partial charge in [-0.15, -0.1) is 0 Å². The van der Waals surface area contributed by atoms with Gasteiger partial charge >= 0.3 is 12.0 Å². The molecular weight excluding hydrogens is 510 g/mol. The maximum Gasteiger partial charge on any atom is 0.356 e. The highest BCUT2D eigenvalue weighted by Crippen LogP contribution is 2.27. The molecule has 0 saturated carbocycles. The summed E-state index contributed by atoms with van der Waals surface area (Å²) in [6, 6.07) is 15.9. The van der Waals surface area contributed by atoms with Crippen LogP contribution in [-0.2, 0) is 16.0 Å². The van der Waals surface area contributed by atoms with Crippen LogP contribution in [0.25, 0.3) is 0 Å². The van der Waals surface area contributed by atoms with Crippen LogP contribution in [-0.4, -0.2) is 60.6 Å². The molecule has 1 fully saturated rings. The van der Waals surface area contributed by atoms with Crippen LogP contribution < -0.4 is 20.7 Å². The molecule has 2 aromatic carbocycles. The van der Waals surface area contributed by atoms with Gasteiger partial charge in [-0.1, -0.05) is 24.3 Å². The molecule has 4 rings (SSSR count). The summed E-state index contributed by atoms with van der Waals surface area (Å²) >= 11 is 0. The Kier molecular flexibility index (Phi) is 9.56. The van der Waals surface area contributed by atoms with Crippen LogP contribution in [0.3, 0.4) is 0 Å². The quantitative estimate of drug-likeness (QED) is 0.311. The maximum atomic E-state index is 13.2. The number of carbonyl (C=O) groups is 3. The number of nitrogens with one attached hydrogen (secondary N) is 3. The van der Waals surface area contributed by atoms with Gasteiger partial charge in [-0.2, -0.15) is 0 Å². The molecule has 1 atom stereocenters. The van der Waals surface area contributed by atoms with Gasteiger partial charge in [-0.25, -0.2) is 14.6 Å². The smallest absolute Gasteiger partial charge is 0.356 e. The Morgan fingerprint density at radius 1 is 1.05 bits per heavy atom. The number of aryl methyl sites for hydroxylation is 1. The molecule has 2 heterocycles. The molecule has 1 aliphatic heterocycles. The van der Waals surface area contributed by atoms with Crippen LogP contribution >= 0.6 is 0 Å². The molecule has 10 nitrogen and oxygen atoms in total. The first kappa shape index (κ1) is 28.4. The number of nitrogens with zero attached hydrogens (tertiary/aromatic N) is 2. The Morgan fingerprint density at radius 3 is 2.58 bits per heavy atom. The van der Waals surface area contributed by atoms with Gasteiger partial charge in [0.15, 0.2) is 0 Å². The Labute approximate surface area is 234 Å². The first-order valence-corrected chi connectivity index (χ1v) is 13.3. The van der Waals surface area contributed by atoms with E-state index in [0.717, 1.165) is 35.3 Å². The molecule has 40 heavy (non-hydrogen) atoms. The van der Waals surface area contributed by atoms with Crippen molar-refractivity contribution in [3.8, 4) is 5.75 Å². The van der Waals surface area contributed by atoms with Gasteiger partial charge in [0, 0.05) is 24.8 Å². The number of para-hydroxylation sites is 1. The van der Waals surface area contributed by atoms with Gasteiger partial charge in [-0.3, -0.25) is 4.79 Å². The van der Waals surface area contributed by atoms with Gasteiger partial charge < -0.3 is 30.3 Å². The predicted molar refractivity (Wildman–Crippen MR) is 154 cm³/mol. The van der Waals surface area contributed by atoms with Gasteiger partial charge in [-0.05, 0) is 68.1 Å². The lowest BCUT2D eigenvalue weighted by Crippen LogP contribution is -2.40. The van der Waals surface area contributed by atoms with Gasteiger partial charge in [0.25, 0.3) is 0 Å². The van der Waals surface area contributed by atoms with E-state index in [1.165, 1.54) is 7.11 Å². The second-order valence-corrected chi connectivity index (χ2v) is 9.52. The van der Waals surface area contributed by atoms with E-state index in [1.54, 1.807) is 37.4 Å². The number of hydrogen-bond acceptors (Lipinski definition) is 7. The number of pyridine rings is 1. The fourth-order valence-electron chi connectivity index (χ4n) is 4.65. The summed E-state index contributed by atoms with van der Waals surface area (Å²) in [5, 5.41) is 8.98. The molecule has 1 unspecified atom stereocenters. The van der Waals surface area contributed by atoms with Crippen LogP contribution in [0.5, 0.6) is 5.75 Å². The first-order valence-electron chi connectivity index (χ1n) is 13.3. The van der Waals surface area contributed by atoms with Crippen LogP contribution in [0.15, 0.2) is 60.8 Å². The van der Waals surface area contributed by atoms with E-state index < -0.39 is 5.97 Å². The van der Waals surface area contributed by atoms with Crippen molar-refractivity contribution in [2.24, 2.45) is 0 Å². The highest BCUT2D eigenvalue weighted by Gasteiger charge is 2.28. The molecule has 0 bridgehead atoms. The van der Waals surface area contributed by atoms with Gasteiger partial charge in [0.1, 0.15) is 11.4 Å². The minimum absolute atomic E-state index is 0.0279. The molecule has 1 aromatic heterocycles. The minimum Gasteiger partial charge on any atom is -0.495 e. The number of methoxy groups -OCH3 is 1. The number of amides is 3. The van der Waals surface area contributed by atoms with E-state index in [9.17, 15) is 14.4 Å². The third kappa shape index (κ3) is 7.28. The van der Waals surface area contributed by atoms with E-state index in [1.807, 2.05) is 42.2 Å². The van der Waals surface area contributed by atoms with Crippen molar-refractivity contribution in [3.05, 3.63) is 77.6 Å². The highest BCUT2D eigenvalue weighted by atomic mass is 16.5. The van der Waals surface area contributed by atoms with E-state index in [0.29, 0.717) is 31.1 Å². The van der Waals surface area contributed by atoms with E-state index in [2.05, 4.69) is 20.9 Å². The van der Waals surface area contributed by atoms with E-state index in [4.69, 9.17) is 9.47 Å². The summed E-state index contributed by atoms with van der Waals surface area (Å²) in [5.74, 6) is 0.0522. The molecule has 1 saturated heterocycles. The third-order valence-electron chi connectivity index (χ3n) is 6.75. The van der Waals surface area contributed by atoms with Crippen molar-refractivity contribution < 1.29 is 23.9 Å². The number of aromatic nitrogens is 1. The summed E-state index contributed by atoms with van der Waals surface area (Å²) in [6.45, 7) is 5.24. The van der Waals surface area contributed by atoms with Crippen LogP contribution in [0.2, 0.25) is 0 Å². The number of likely N-dealkylation sites (tertiary alicyclic amines) is 1. The number of esters is 1. The molecule has 0 aliphatic carbocycles. The summed E-state index contributed by atoms with van der Waals surface area (Å²) in [6.07, 6.45) is 3.64. The Bertz CT molecular complexity index is 1340. The number of urea groups is 1. The number of ether oxygens (including phenoxy) is 2. The van der Waals surface area contributed by atoms with Crippen molar-refractivity contribution in [1.29, 1.82) is 0 Å². The average Bonchev–Trinajstić information content (AvgIpc) is 3.43. The molecule has 3 aromatic rings. The van der Waals surface area contributed by atoms with Crippen LogP contribution in [0, 0.1) is 6.92 Å². The number of hydrogen-bond donors (Lipinski definition) is 3. The molecule has 3 amide bonds. The van der Waals surface area contributed by atoms with Crippen molar-refractivity contribution in [2.75, 3.05) is 42.8 Å². The second kappa shape index (κ2) is 13.5. The zero-order valence-electron chi connectivity index (χ0n) is 23.0. The first-order chi connectivity index (χ1) is 19.4. The molecule has 3 N–H and O–H groups in total. The van der Waals surface area contributed by atoms with Crippen molar-refractivity contribution in [2.45, 2.75) is 39.2 Å². The highest BCUT2D eigenvalue weighted by molar-refractivity contribution is 6.01. The van der Waals surface area contributed by atoms with Gasteiger partial charge in [0.2, 0.25) is 5.91 Å². The average molecular weight is 546 g/mol. The molecule has 10 heteroatoms. The molecular formula is C30H35N5O5. The Hall–Kier alpha value is -4.60. The zero-order valence-corrected chi connectivity index (χ0v) is 23.0. The normalized spacial score (nSPS) is 14.4. The summed E-state index contributed by atoms with van der Waals surface area (Å²) in [7, 11) is 1.53. The monoisotopic (exact) mass is 545 g/mol. The van der Waals surface area contributed by atoms with E-state index >= 15 is 0 Å². The van der Waals surface area contributed by atoms with Crippen molar-refractivity contribution >= 4 is 35.0 Å². The Morgan fingerprint density at radius 2 is 1.85 bits per heavy atom. The topological polar surface area (TPSA) is 122 Å². The van der Waals surface area contributed by atoms with E-state index in [-0.39, 0.29) is 30.1 Å². The number of anilines is 3. The van der Waals surface area contributed by atoms with Crippen molar-refractivity contribution in [3.63, 3.8) is 0 Å². The predicted octanol–water partition coefficient (Wildman–Crippen LogP) is 4.86. The molecule has 210 valence electrons. The third-order valence-corrected chi connectivity index (χ3v) is 6.75. The zero-order chi connectivity index (χ0) is 28.5. The largest absolute Gasteiger partial charge is 0.495 e. The Balaban J connectivity index is 1.33. The van der Waals surface area contributed by atoms with Gasteiger partial charge in [0.05, 0.1) is 37.7 Å². The number of rotatable bonds is 10. The van der Waals surface area contributed by atoms with Crippen LogP contribution in [0.4, 0.5) is 21.9 Å². The number of carbonyl (C=O) groups excluding carboxylic acids is 3. The fourth-order valence-corrected chi connectivity index (χ4v) is 4.65. The maximum absolute atomic E-state index is 13.2. The minimum atomic E-state index is -0.451. The summed E-state index contributed by atoms with van der Waals surface area (Å²) in [5.41, 5.74) is 4.01. The SMILES string of the molecule is CCOC(=O)c1ccc(NCC2CCCN2C(=O)Cc2ccc(NC(=O)Nc3ccccc3C)c(OC)c2)cn1. The lowest BCUT2D eigenvalue weighted by molar-refractivity contribution is -0.131. The standard InChI is InChI=1S/C30H35N5O5/c1-4-40-29(37)26-14-12-22(18-32-26)31-19-23-9-7-15-35(23)28(36)17-21-11-13-25(27(16-21)39-3)34-30(38)33-24-10-6-5-8-20(24)2/h5-6,8,10-14,16,18,23,31H,4,7,9,15,17,19H2,1-3H3,(H2,33,34,38). The molecule has 0 radical (unpaired) electrons. The molecule has 0 spiro atoms.